The van der Waals surface area contributed by atoms with Crippen LogP contribution in [0.3, 0.4) is 0 Å². The summed E-state index contributed by atoms with van der Waals surface area (Å²) in [7, 11) is 1.88. The lowest BCUT2D eigenvalue weighted by atomic mass is 10.2. The summed E-state index contributed by atoms with van der Waals surface area (Å²) >= 11 is 1.39. The minimum Gasteiger partial charge on any atom is -0.369 e. The monoisotopic (exact) mass is 368 g/mol. The second-order valence-electron chi connectivity index (χ2n) is 6.38. The number of nitrogens with zero attached hydrogens (tertiary/aromatic N) is 5. The molecule has 1 N–H and O–H groups in total. The minimum atomic E-state index is 0.0272. The topological polar surface area (TPSA) is 78.0 Å². The fraction of sp³-hybridized carbons (Fsp3) is 0.333. The van der Waals surface area contributed by atoms with Crippen LogP contribution in [-0.4, -0.2) is 56.9 Å². The number of carbonyl (C=O) groups is 1. The Balaban J connectivity index is 1.49. The zero-order chi connectivity index (χ0) is 18.1. The van der Waals surface area contributed by atoms with Crippen LogP contribution < -0.4 is 4.90 Å². The van der Waals surface area contributed by atoms with Gasteiger partial charge >= 0.3 is 0 Å². The van der Waals surface area contributed by atoms with Gasteiger partial charge in [-0.15, -0.1) is 11.3 Å². The minimum absolute atomic E-state index is 0.0272. The number of aryl methyl sites for hydroxylation is 1. The lowest BCUT2D eigenvalue weighted by Crippen LogP contribution is -2.39. The third-order valence-corrected chi connectivity index (χ3v) is 5.90. The Bertz CT molecular complexity index is 892. The van der Waals surface area contributed by atoms with Crippen LogP contribution in [0.4, 0.5) is 5.69 Å². The molecule has 4 rings (SSSR count). The van der Waals surface area contributed by atoms with Gasteiger partial charge in [-0.1, -0.05) is 0 Å². The molecule has 1 aliphatic heterocycles. The van der Waals surface area contributed by atoms with Crippen molar-refractivity contribution >= 4 is 22.9 Å². The number of imidazole rings is 1. The quantitative estimate of drug-likeness (QED) is 0.766. The number of H-pyrrole nitrogens is 1. The summed E-state index contributed by atoms with van der Waals surface area (Å²) in [5.74, 6) is 0.726. The molecule has 26 heavy (non-hydrogen) atoms. The van der Waals surface area contributed by atoms with E-state index in [0.717, 1.165) is 35.9 Å². The van der Waals surface area contributed by atoms with Crippen LogP contribution >= 0.6 is 11.3 Å². The largest absolute Gasteiger partial charge is 0.369 e. The maximum atomic E-state index is 13.0. The fourth-order valence-electron chi connectivity index (χ4n) is 3.25. The second kappa shape index (κ2) is 6.87. The Morgan fingerprint density at radius 3 is 2.88 bits per heavy atom. The first kappa shape index (κ1) is 16.7. The molecule has 1 atom stereocenters. The predicted octanol–water partition coefficient (Wildman–Crippen LogP) is 2.59. The van der Waals surface area contributed by atoms with Gasteiger partial charge in [0, 0.05) is 50.6 Å². The van der Waals surface area contributed by atoms with Gasteiger partial charge in [0.05, 0.1) is 11.7 Å². The van der Waals surface area contributed by atoms with Gasteiger partial charge in [-0.3, -0.25) is 9.78 Å². The molecule has 0 aromatic carbocycles. The molecule has 0 spiro atoms. The molecule has 0 aliphatic carbocycles. The van der Waals surface area contributed by atoms with Crippen LogP contribution in [0.25, 0.3) is 10.8 Å². The molecule has 1 saturated heterocycles. The number of pyridine rings is 1. The summed E-state index contributed by atoms with van der Waals surface area (Å²) in [5.41, 5.74) is 1.90. The van der Waals surface area contributed by atoms with Crippen molar-refractivity contribution in [2.24, 2.45) is 0 Å². The van der Waals surface area contributed by atoms with Crippen LogP contribution in [-0.2, 0) is 0 Å². The fourth-order valence-corrected chi connectivity index (χ4v) is 4.26. The molecule has 0 saturated carbocycles. The predicted molar refractivity (Wildman–Crippen MR) is 101 cm³/mol. The van der Waals surface area contributed by atoms with Gasteiger partial charge in [-0.05, 0) is 25.5 Å². The van der Waals surface area contributed by atoms with E-state index in [0.29, 0.717) is 10.7 Å². The third kappa shape index (κ3) is 3.08. The Kier molecular flexibility index (Phi) is 4.42. The summed E-state index contributed by atoms with van der Waals surface area (Å²) in [5, 5.41) is 0.745. The number of thiazole rings is 1. The van der Waals surface area contributed by atoms with Gasteiger partial charge in [0.2, 0.25) is 0 Å². The Labute approximate surface area is 155 Å². The molecule has 1 unspecified atom stereocenters. The van der Waals surface area contributed by atoms with Crippen LogP contribution in [0.5, 0.6) is 0 Å². The Morgan fingerprint density at radius 2 is 2.15 bits per heavy atom. The van der Waals surface area contributed by atoms with E-state index in [-0.39, 0.29) is 11.9 Å². The number of anilines is 1. The van der Waals surface area contributed by atoms with Crippen molar-refractivity contribution in [2.45, 2.75) is 19.4 Å². The SMILES string of the molecule is Cc1nc(-c2ncc[nH]2)sc1C(=O)N(C)C1CCN(c2ccncc2)C1. The number of aromatic nitrogens is 4. The molecule has 7 nitrogen and oxygen atoms in total. The van der Waals surface area contributed by atoms with Crippen LogP contribution in [0, 0.1) is 6.92 Å². The van der Waals surface area contributed by atoms with E-state index in [4.69, 9.17) is 0 Å². The van der Waals surface area contributed by atoms with E-state index in [1.807, 2.05) is 31.0 Å². The molecule has 0 radical (unpaired) electrons. The maximum absolute atomic E-state index is 13.0. The van der Waals surface area contributed by atoms with E-state index >= 15 is 0 Å². The lowest BCUT2D eigenvalue weighted by molar-refractivity contribution is 0.0749. The van der Waals surface area contributed by atoms with Crippen molar-refractivity contribution in [3.8, 4) is 10.8 Å². The molecular formula is C18H20N6OS. The van der Waals surface area contributed by atoms with E-state index in [9.17, 15) is 4.79 Å². The summed E-state index contributed by atoms with van der Waals surface area (Å²) in [6.45, 7) is 3.64. The highest BCUT2D eigenvalue weighted by Crippen LogP contribution is 2.28. The first-order chi connectivity index (χ1) is 12.6. The molecule has 4 heterocycles. The number of aromatic amines is 1. The number of hydrogen-bond donors (Lipinski definition) is 1. The van der Waals surface area contributed by atoms with Gasteiger partial charge in [0.1, 0.15) is 4.88 Å². The van der Waals surface area contributed by atoms with Crippen LogP contribution in [0.2, 0.25) is 0 Å². The normalized spacial score (nSPS) is 16.8. The van der Waals surface area contributed by atoms with Gasteiger partial charge in [-0.2, -0.15) is 0 Å². The van der Waals surface area contributed by atoms with Crippen molar-refractivity contribution in [1.29, 1.82) is 0 Å². The van der Waals surface area contributed by atoms with Gasteiger partial charge < -0.3 is 14.8 Å². The molecule has 1 fully saturated rings. The van der Waals surface area contributed by atoms with Crippen LogP contribution in [0.15, 0.2) is 36.9 Å². The average molecular weight is 368 g/mol. The summed E-state index contributed by atoms with van der Waals surface area (Å²) in [6.07, 6.45) is 7.99. The van der Waals surface area contributed by atoms with Gasteiger partial charge in [0.15, 0.2) is 10.8 Å². The van der Waals surface area contributed by atoms with Crippen molar-refractivity contribution in [1.82, 2.24) is 24.8 Å². The number of hydrogen-bond acceptors (Lipinski definition) is 6. The average Bonchev–Trinajstić information content (AvgIpc) is 3.41. The van der Waals surface area contributed by atoms with E-state index in [2.05, 4.69) is 24.8 Å². The standard InChI is InChI=1S/C18H20N6OS/c1-12-15(26-17(22-12)16-20-8-9-21-16)18(25)23(2)14-5-10-24(11-14)13-3-6-19-7-4-13/h3-4,6-9,14H,5,10-11H2,1-2H3,(H,20,21). The van der Waals surface area contributed by atoms with Crippen LogP contribution in [0.1, 0.15) is 21.8 Å². The molecule has 3 aromatic rings. The lowest BCUT2D eigenvalue weighted by Gasteiger charge is -2.25. The zero-order valence-corrected chi connectivity index (χ0v) is 15.5. The van der Waals surface area contributed by atoms with Crippen molar-refractivity contribution in [2.75, 3.05) is 25.0 Å². The highest BCUT2D eigenvalue weighted by molar-refractivity contribution is 7.17. The molecule has 8 heteroatoms. The van der Waals surface area contributed by atoms with E-state index < -0.39 is 0 Å². The van der Waals surface area contributed by atoms with E-state index in [1.165, 1.54) is 11.3 Å². The van der Waals surface area contributed by atoms with Crippen molar-refractivity contribution in [3.05, 3.63) is 47.5 Å². The van der Waals surface area contributed by atoms with Crippen molar-refractivity contribution in [3.63, 3.8) is 0 Å². The smallest absolute Gasteiger partial charge is 0.265 e. The highest BCUT2D eigenvalue weighted by atomic mass is 32.1. The molecular weight excluding hydrogens is 348 g/mol. The number of likely N-dealkylation sites (N-methyl/N-ethyl adjacent to an activating group) is 1. The number of amides is 1. The van der Waals surface area contributed by atoms with E-state index in [1.54, 1.807) is 24.8 Å². The zero-order valence-electron chi connectivity index (χ0n) is 14.7. The highest BCUT2D eigenvalue weighted by Gasteiger charge is 2.30. The van der Waals surface area contributed by atoms with Gasteiger partial charge in [-0.25, -0.2) is 9.97 Å². The summed E-state index contributed by atoms with van der Waals surface area (Å²) in [6, 6.07) is 4.20. The first-order valence-electron chi connectivity index (χ1n) is 8.53. The molecule has 0 bridgehead atoms. The second-order valence-corrected chi connectivity index (χ2v) is 7.38. The summed E-state index contributed by atoms with van der Waals surface area (Å²) < 4.78 is 0. The first-order valence-corrected chi connectivity index (χ1v) is 9.34. The van der Waals surface area contributed by atoms with Crippen molar-refractivity contribution < 1.29 is 4.79 Å². The Morgan fingerprint density at radius 1 is 1.35 bits per heavy atom. The molecule has 1 aliphatic rings. The molecule has 134 valence electrons. The molecule has 3 aromatic heterocycles. The molecule has 1 amide bonds. The number of nitrogens with one attached hydrogen (secondary N) is 1. The number of carbonyl (C=O) groups excluding carboxylic acids is 1. The van der Waals surface area contributed by atoms with Gasteiger partial charge in [0.25, 0.3) is 5.91 Å². The summed E-state index contributed by atoms with van der Waals surface area (Å²) in [4.78, 5) is 33.7. The third-order valence-electron chi connectivity index (χ3n) is 4.75. The maximum Gasteiger partial charge on any atom is 0.265 e. The Hall–Kier alpha value is -2.74. The number of rotatable bonds is 4.